The third-order valence-corrected chi connectivity index (χ3v) is 4.41. The number of carbonyl (C=O) groups excluding carboxylic acids is 1. The monoisotopic (exact) mass is 474 g/mol. The minimum Gasteiger partial charge on any atom is -0.391 e. The largest absolute Gasteiger partial charge is 0.391 e. The first-order chi connectivity index (χ1) is 12.1. The number of aliphatic hydroxyl groups is 1. The second-order valence-corrected chi connectivity index (χ2v) is 6.66. The average molecular weight is 474 g/mol. The minimum atomic E-state index is -0.512. The summed E-state index contributed by atoms with van der Waals surface area (Å²) in [5, 5.41) is 13.6. The lowest BCUT2D eigenvalue weighted by atomic mass is 9.95. The SMILES string of the molecule is CCNC(=NCC(O)Cc1ccccc1)N1CCCC(CC(N)=O)C1.I. The number of nitrogens with two attached hydrogens (primary N) is 1. The van der Waals surface area contributed by atoms with Crippen molar-refractivity contribution in [3.63, 3.8) is 0 Å². The summed E-state index contributed by atoms with van der Waals surface area (Å²) in [7, 11) is 0. The number of hydrogen-bond acceptors (Lipinski definition) is 3. The zero-order valence-electron chi connectivity index (χ0n) is 15.4. The molecule has 2 unspecified atom stereocenters. The Morgan fingerprint density at radius 1 is 1.42 bits per heavy atom. The molecule has 1 amide bonds. The van der Waals surface area contributed by atoms with Crippen LogP contribution in [0.5, 0.6) is 0 Å². The predicted molar refractivity (Wildman–Crippen MR) is 116 cm³/mol. The summed E-state index contributed by atoms with van der Waals surface area (Å²) in [4.78, 5) is 18.0. The van der Waals surface area contributed by atoms with Crippen LogP contribution in [0.2, 0.25) is 0 Å². The highest BCUT2D eigenvalue weighted by Gasteiger charge is 2.23. The molecule has 1 aliphatic rings. The number of carbonyl (C=O) groups is 1. The van der Waals surface area contributed by atoms with Gasteiger partial charge in [-0.1, -0.05) is 30.3 Å². The van der Waals surface area contributed by atoms with Crippen molar-refractivity contribution < 1.29 is 9.90 Å². The van der Waals surface area contributed by atoms with E-state index in [0.29, 0.717) is 19.4 Å². The highest BCUT2D eigenvalue weighted by Crippen LogP contribution is 2.19. The molecule has 0 radical (unpaired) electrons. The van der Waals surface area contributed by atoms with Gasteiger partial charge in [0.1, 0.15) is 0 Å². The molecule has 7 heteroatoms. The lowest BCUT2D eigenvalue weighted by Crippen LogP contribution is -2.47. The Hall–Kier alpha value is -1.35. The number of aliphatic hydroxyl groups excluding tert-OH is 1. The Morgan fingerprint density at radius 2 is 2.15 bits per heavy atom. The topological polar surface area (TPSA) is 91.0 Å². The van der Waals surface area contributed by atoms with E-state index in [4.69, 9.17) is 5.73 Å². The Balaban J connectivity index is 0.00000338. The molecule has 0 aliphatic carbocycles. The maximum absolute atomic E-state index is 11.2. The van der Waals surface area contributed by atoms with Crippen LogP contribution in [-0.2, 0) is 11.2 Å². The summed E-state index contributed by atoms with van der Waals surface area (Å²) in [6, 6.07) is 9.94. The van der Waals surface area contributed by atoms with Crippen molar-refractivity contribution in [2.75, 3.05) is 26.2 Å². The number of piperidine rings is 1. The summed E-state index contributed by atoms with van der Waals surface area (Å²) in [5.74, 6) is 0.847. The van der Waals surface area contributed by atoms with E-state index < -0.39 is 6.10 Å². The second-order valence-electron chi connectivity index (χ2n) is 6.66. The van der Waals surface area contributed by atoms with Crippen molar-refractivity contribution in [3.8, 4) is 0 Å². The van der Waals surface area contributed by atoms with Crippen LogP contribution >= 0.6 is 24.0 Å². The zero-order valence-corrected chi connectivity index (χ0v) is 17.8. The van der Waals surface area contributed by atoms with Gasteiger partial charge < -0.3 is 21.1 Å². The summed E-state index contributed by atoms with van der Waals surface area (Å²) in [6.45, 7) is 4.85. The Labute approximate surface area is 173 Å². The fourth-order valence-corrected chi connectivity index (χ4v) is 3.28. The number of amides is 1. The number of nitrogens with one attached hydrogen (secondary N) is 1. The number of primary amides is 1. The first kappa shape index (κ1) is 22.7. The van der Waals surface area contributed by atoms with E-state index in [-0.39, 0.29) is 35.8 Å². The van der Waals surface area contributed by atoms with E-state index in [1.54, 1.807) is 0 Å². The molecule has 1 saturated heterocycles. The van der Waals surface area contributed by atoms with Crippen molar-refractivity contribution in [2.45, 2.75) is 38.7 Å². The first-order valence-electron chi connectivity index (χ1n) is 9.12. The van der Waals surface area contributed by atoms with Gasteiger partial charge in [0.15, 0.2) is 5.96 Å². The number of halogens is 1. The molecule has 2 atom stereocenters. The van der Waals surface area contributed by atoms with E-state index in [1.165, 1.54) is 0 Å². The van der Waals surface area contributed by atoms with Crippen LogP contribution in [-0.4, -0.2) is 54.2 Å². The fourth-order valence-electron chi connectivity index (χ4n) is 3.28. The molecule has 4 N–H and O–H groups in total. The van der Waals surface area contributed by atoms with E-state index in [0.717, 1.165) is 44.0 Å². The zero-order chi connectivity index (χ0) is 18.1. The first-order valence-corrected chi connectivity index (χ1v) is 9.12. The van der Waals surface area contributed by atoms with Crippen LogP contribution in [0.15, 0.2) is 35.3 Å². The van der Waals surface area contributed by atoms with E-state index in [1.807, 2.05) is 37.3 Å². The van der Waals surface area contributed by atoms with Crippen molar-refractivity contribution in [1.82, 2.24) is 10.2 Å². The standard InChI is InChI=1S/C19H30N4O2.HI/c1-2-21-19(23-10-6-9-16(14-23)12-18(20)25)22-13-17(24)11-15-7-4-3-5-8-15;/h3-5,7-8,16-17,24H,2,6,9-14H2,1H3,(H2,20,25)(H,21,22);1H. The molecule has 0 aromatic heterocycles. The smallest absolute Gasteiger partial charge is 0.217 e. The summed E-state index contributed by atoms with van der Waals surface area (Å²) < 4.78 is 0. The number of aliphatic imine (C=N–C) groups is 1. The summed E-state index contributed by atoms with van der Waals surface area (Å²) >= 11 is 0. The van der Waals surface area contributed by atoms with Crippen LogP contribution in [0.4, 0.5) is 0 Å². The molecular weight excluding hydrogens is 443 g/mol. The van der Waals surface area contributed by atoms with Gasteiger partial charge >= 0.3 is 0 Å². The highest BCUT2D eigenvalue weighted by molar-refractivity contribution is 14.0. The maximum atomic E-state index is 11.2. The lowest BCUT2D eigenvalue weighted by Gasteiger charge is -2.34. The van der Waals surface area contributed by atoms with Crippen molar-refractivity contribution in [2.24, 2.45) is 16.6 Å². The molecule has 26 heavy (non-hydrogen) atoms. The van der Waals surface area contributed by atoms with Gasteiger partial charge in [-0.05, 0) is 31.2 Å². The minimum absolute atomic E-state index is 0. The predicted octanol–water partition coefficient (Wildman–Crippen LogP) is 1.76. The highest BCUT2D eigenvalue weighted by atomic mass is 127. The van der Waals surface area contributed by atoms with E-state index in [2.05, 4.69) is 15.2 Å². The molecule has 1 aromatic carbocycles. The second kappa shape index (κ2) is 12.1. The van der Waals surface area contributed by atoms with Gasteiger partial charge in [0.2, 0.25) is 5.91 Å². The summed E-state index contributed by atoms with van der Waals surface area (Å²) in [5.41, 5.74) is 6.45. The van der Waals surface area contributed by atoms with Crippen LogP contribution in [0.25, 0.3) is 0 Å². The number of nitrogens with zero attached hydrogens (tertiary/aromatic N) is 2. The van der Waals surface area contributed by atoms with Crippen molar-refractivity contribution in [3.05, 3.63) is 35.9 Å². The Bertz CT molecular complexity index is 568. The van der Waals surface area contributed by atoms with Gasteiger partial charge in [0.25, 0.3) is 0 Å². The third kappa shape index (κ3) is 7.90. The van der Waals surface area contributed by atoms with Gasteiger partial charge in [-0.2, -0.15) is 0 Å². The number of rotatable bonds is 7. The molecule has 0 spiro atoms. The molecule has 1 aromatic rings. The molecule has 1 heterocycles. The van der Waals surface area contributed by atoms with Crippen molar-refractivity contribution >= 4 is 35.8 Å². The third-order valence-electron chi connectivity index (χ3n) is 4.41. The molecule has 0 saturated carbocycles. The Kier molecular flexibility index (Phi) is 10.6. The normalized spacial score (nSPS) is 18.8. The van der Waals surface area contributed by atoms with Crippen LogP contribution in [0.3, 0.4) is 0 Å². The molecule has 0 bridgehead atoms. The molecular formula is C19H31IN4O2. The number of guanidine groups is 1. The van der Waals surface area contributed by atoms with Gasteiger partial charge in [-0.15, -0.1) is 24.0 Å². The van der Waals surface area contributed by atoms with Crippen LogP contribution in [0, 0.1) is 5.92 Å². The summed E-state index contributed by atoms with van der Waals surface area (Å²) in [6.07, 6.45) is 2.55. The van der Waals surface area contributed by atoms with E-state index in [9.17, 15) is 9.90 Å². The van der Waals surface area contributed by atoms with E-state index >= 15 is 0 Å². The van der Waals surface area contributed by atoms with Gasteiger partial charge in [-0.3, -0.25) is 9.79 Å². The Morgan fingerprint density at radius 3 is 2.81 bits per heavy atom. The van der Waals surface area contributed by atoms with Crippen LogP contribution < -0.4 is 11.1 Å². The molecule has 6 nitrogen and oxygen atoms in total. The molecule has 2 rings (SSSR count). The lowest BCUT2D eigenvalue weighted by molar-refractivity contribution is -0.119. The average Bonchev–Trinajstić information content (AvgIpc) is 2.59. The van der Waals surface area contributed by atoms with Gasteiger partial charge in [0, 0.05) is 32.5 Å². The molecule has 146 valence electrons. The van der Waals surface area contributed by atoms with Gasteiger partial charge in [0.05, 0.1) is 12.6 Å². The quantitative estimate of drug-likeness (QED) is 0.319. The molecule has 1 fully saturated rings. The fraction of sp³-hybridized carbons (Fsp3) is 0.579. The van der Waals surface area contributed by atoms with Crippen molar-refractivity contribution in [1.29, 1.82) is 0 Å². The number of hydrogen-bond donors (Lipinski definition) is 3. The van der Waals surface area contributed by atoms with Gasteiger partial charge in [-0.25, -0.2) is 0 Å². The number of likely N-dealkylation sites (tertiary alicyclic amines) is 1. The maximum Gasteiger partial charge on any atom is 0.217 e. The molecule has 1 aliphatic heterocycles. The number of benzene rings is 1. The van der Waals surface area contributed by atoms with Crippen LogP contribution in [0.1, 0.15) is 31.7 Å².